The molecule has 4 aromatic rings. The molecule has 0 saturated carbocycles. The minimum atomic E-state index is -0.936. The third-order valence-corrected chi connectivity index (χ3v) is 4.32. The van der Waals surface area contributed by atoms with Crippen LogP contribution in [0, 0.1) is 0 Å². The van der Waals surface area contributed by atoms with Gasteiger partial charge < -0.3 is 4.74 Å². The smallest absolute Gasteiger partial charge is 0.285 e. The number of fused-ring (bicyclic) bond motifs is 1. The number of halogens is 2. The first-order valence-electron chi connectivity index (χ1n) is 8.45. The number of alkyl halides is 2. The highest BCUT2D eigenvalue weighted by atomic mass is 19.1. The zero-order valence-corrected chi connectivity index (χ0v) is 14.9. The fourth-order valence-electron chi connectivity index (χ4n) is 3.05. The van der Waals surface area contributed by atoms with E-state index in [2.05, 4.69) is 15.4 Å². The monoisotopic (exact) mass is 386 g/mol. The summed E-state index contributed by atoms with van der Waals surface area (Å²) in [7, 11) is 1.78. The summed E-state index contributed by atoms with van der Waals surface area (Å²) in [5, 5.41) is 12.1. The summed E-state index contributed by atoms with van der Waals surface area (Å²) in [6.07, 6.45) is 5.08. The second-order valence-electron chi connectivity index (χ2n) is 6.07. The molecule has 0 amide bonds. The summed E-state index contributed by atoms with van der Waals surface area (Å²) < 4.78 is 34.5. The normalized spacial score (nSPS) is 11.2. The number of hydrogen-bond donors (Lipinski definition) is 0. The lowest BCUT2D eigenvalue weighted by Crippen LogP contribution is -2.19. The molecule has 4 rings (SSSR count). The van der Waals surface area contributed by atoms with Crippen LogP contribution in [0.1, 0.15) is 0 Å². The second-order valence-corrected chi connectivity index (χ2v) is 6.07. The lowest BCUT2D eigenvalue weighted by molar-refractivity contribution is 0.192. The number of aryl methyl sites for hydroxylation is 2. The standard InChI is InChI=1S/C18H16F2N6O2/c1-24-9-12(8-21-24)15-10-25(13-2-4-14(5-3-13)28-11-20)18(27)16-17(15)26(7-6-19)23-22-16/h2-5,8-10H,6-7,11H2,1H3. The Morgan fingerprint density at radius 2 is 1.93 bits per heavy atom. The molecule has 28 heavy (non-hydrogen) atoms. The van der Waals surface area contributed by atoms with Crippen molar-refractivity contribution >= 4 is 11.0 Å². The van der Waals surface area contributed by atoms with Gasteiger partial charge in [0.1, 0.15) is 17.9 Å². The van der Waals surface area contributed by atoms with E-state index in [1.165, 1.54) is 9.25 Å². The van der Waals surface area contributed by atoms with Crippen molar-refractivity contribution in [2.75, 3.05) is 13.5 Å². The predicted molar refractivity (Wildman–Crippen MR) is 97.9 cm³/mol. The van der Waals surface area contributed by atoms with Gasteiger partial charge in [0.2, 0.25) is 6.86 Å². The van der Waals surface area contributed by atoms with Crippen LogP contribution in [0.5, 0.6) is 5.75 Å². The van der Waals surface area contributed by atoms with Gasteiger partial charge in [-0.1, -0.05) is 5.21 Å². The third kappa shape index (κ3) is 3.02. The van der Waals surface area contributed by atoms with Gasteiger partial charge in [-0.15, -0.1) is 5.10 Å². The number of rotatable bonds is 6. The molecular formula is C18H16F2N6O2. The number of nitrogens with zero attached hydrogens (tertiary/aromatic N) is 6. The van der Waals surface area contributed by atoms with Gasteiger partial charge in [0.25, 0.3) is 5.56 Å². The lowest BCUT2D eigenvalue weighted by atomic mass is 10.1. The second kappa shape index (κ2) is 7.22. The Balaban J connectivity index is 1.95. The third-order valence-electron chi connectivity index (χ3n) is 4.32. The number of benzene rings is 1. The van der Waals surface area contributed by atoms with Crippen LogP contribution in [0.3, 0.4) is 0 Å². The number of ether oxygens (including phenoxy) is 1. The molecule has 0 aliphatic rings. The molecule has 3 aromatic heterocycles. The Labute approximate surface area is 157 Å². The molecule has 0 saturated heterocycles. The van der Waals surface area contributed by atoms with Gasteiger partial charge in [-0.05, 0) is 24.3 Å². The summed E-state index contributed by atoms with van der Waals surface area (Å²) in [5.74, 6) is 0.349. The first kappa shape index (κ1) is 17.8. The van der Waals surface area contributed by atoms with Crippen molar-refractivity contribution in [2.45, 2.75) is 6.54 Å². The molecule has 0 radical (unpaired) electrons. The fraction of sp³-hybridized carbons (Fsp3) is 0.222. The predicted octanol–water partition coefficient (Wildman–Crippen LogP) is 2.26. The van der Waals surface area contributed by atoms with Gasteiger partial charge in [0.05, 0.1) is 12.7 Å². The van der Waals surface area contributed by atoms with E-state index < -0.39 is 19.1 Å². The van der Waals surface area contributed by atoms with E-state index in [9.17, 15) is 13.6 Å². The minimum Gasteiger partial charge on any atom is -0.463 e. The van der Waals surface area contributed by atoms with Crippen molar-refractivity contribution in [1.29, 1.82) is 0 Å². The van der Waals surface area contributed by atoms with Gasteiger partial charge in [-0.2, -0.15) is 5.10 Å². The first-order chi connectivity index (χ1) is 13.6. The molecule has 3 heterocycles. The molecule has 8 nitrogen and oxygen atoms in total. The van der Waals surface area contributed by atoms with Crippen LogP contribution in [0.25, 0.3) is 27.8 Å². The van der Waals surface area contributed by atoms with Crippen LogP contribution in [0.4, 0.5) is 8.78 Å². The highest BCUT2D eigenvalue weighted by Gasteiger charge is 2.19. The SMILES string of the molecule is Cn1cc(-c2cn(-c3ccc(OCF)cc3)c(=O)c3nnn(CCF)c23)cn1. The molecule has 0 atom stereocenters. The Kier molecular flexibility index (Phi) is 4.60. The Hall–Kier alpha value is -3.56. The van der Waals surface area contributed by atoms with E-state index >= 15 is 0 Å². The van der Waals surface area contributed by atoms with Gasteiger partial charge >= 0.3 is 0 Å². The van der Waals surface area contributed by atoms with Gasteiger partial charge in [0.15, 0.2) is 5.52 Å². The average Bonchev–Trinajstić information content (AvgIpc) is 3.31. The zero-order valence-electron chi connectivity index (χ0n) is 14.9. The molecule has 0 spiro atoms. The molecule has 0 aliphatic heterocycles. The van der Waals surface area contributed by atoms with E-state index in [1.807, 2.05) is 0 Å². The molecule has 1 aromatic carbocycles. The van der Waals surface area contributed by atoms with Crippen molar-refractivity contribution in [3.05, 3.63) is 53.2 Å². The van der Waals surface area contributed by atoms with Crippen LogP contribution in [0.15, 0.2) is 47.7 Å². The molecule has 144 valence electrons. The van der Waals surface area contributed by atoms with Gasteiger partial charge in [-0.3, -0.25) is 14.0 Å². The van der Waals surface area contributed by atoms with E-state index in [1.54, 1.807) is 54.6 Å². The maximum Gasteiger partial charge on any atom is 0.285 e. The summed E-state index contributed by atoms with van der Waals surface area (Å²) in [5.41, 5.74) is 2.10. The van der Waals surface area contributed by atoms with E-state index in [-0.39, 0.29) is 12.1 Å². The van der Waals surface area contributed by atoms with Crippen molar-refractivity contribution in [2.24, 2.45) is 7.05 Å². The van der Waals surface area contributed by atoms with E-state index in [0.717, 1.165) is 5.56 Å². The highest BCUT2D eigenvalue weighted by molar-refractivity contribution is 5.90. The van der Waals surface area contributed by atoms with Crippen LogP contribution < -0.4 is 10.3 Å². The van der Waals surface area contributed by atoms with Crippen LogP contribution in [0.2, 0.25) is 0 Å². The fourth-order valence-corrected chi connectivity index (χ4v) is 3.05. The quantitative estimate of drug-likeness (QED) is 0.508. The summed E-state index contributed by atoms with van der Waals surface area (Å²) in [6.45, 7) is -1.58. The Bertz CT molecular complexity index is 1180. The summed E-state index contributed by atoms with van der Waals surface area (Å²) >= 11 is 0. The highest BCUT2D eigenvalue weighted by Crippen LogP contribution is 2.27. The van der Waals surface area contributed by atoms with Crippen molar-refractivity contribution in [3.8, 4) is 22.6 Å². The summed E-state index contributed by atoms with van der Waals surface area (Å²) in [4.78, 5) is 13.0. The van der Waals surface area contributed by atoms with Gasteiger partial charge in [0, 0.05) is 36.3 Å². The molecule has 10 heteroatoms. The maximum atomic E-state index is 13.0. The Morgan fingerprint density at radius 1 is 1.14 bits per heavy atom. The number of hydrogen-bond acceptors (Lipinski definition) is 5. The maximum absolute atomic E-state index is 13.0. The molecule has 0 unspecified atom stereocenters. The summed E-state index contributed by atoms with van der Waals surface area (Å²) in [6, 6.07) is 6.40. The van der Waals surface area contributed by atoms with E-state index in [4.69, 9.17) is 4.74 Å². The first-order valence-corrected chi connectivity index (χ1v) is 8.45. The van der Waals surface area contributed by atoms with E-state index in [0.29, 0.717) is 22.5 Å². The van der Waals surface area contributed by atoms with Crippen LogP contribution in [-0.4, -0.2) is 42.9 Å². The molecule has 0 bridgehead atoms. The lowest BCUT2D eigenvalue weighted by Gasteiger charge is -2.11. The van der Waals surface area contributed by atoms with Crippen LogP contribution >= 0.6 is 0 Å². The zero-order chi connectivity index (χ0) is 19.7. The number of aromatic nitrogens is 6. The van der Waals surface area contributed by atoms with Gasteiger partial charge in [-0.25, -0.2) is 13.5 Å². The van der Waals surface area contributed by atoms with Crippen LogP contribution in [-0.2, 0) is 13.6 Å². The minimum absolute atomic E-state index is 0.0114. The molecule has 0 fully saturated rings. The van der Waals surface area contributed by atoms with Crippen molar-refractivity contribution in [1.82, 2.24) is 29.3 Å². The van der Waals surface area contributed by atoms with Crippen molar-refractivity contribution in [3.63, 3.8) is 0 Å². The molecule has 0 N–H and O–H groups in total. The molecule has 0 aliphatic carbocycles. The molecular weight excluding hydrogens is 370 g/mol. The average molecular weight is 386 g/mol. The topological polar surface area (TPSA) is 79.8 Å². The number of pyridine rings is 1. The van der Waals surface area contributed by atoms with Crippen molar-refractivity contribution < 1.29 is 13.5 Å². The largest absolute Gasteiger partial charge is 0.463 e. The Morgan fingerprint density at radius 3 is 2.57 bits per heavy atom.